The molecule has 0 aliphatic carbocycles. The van der Waals surface area contributed by atoms with E-state index in [0.29, 0.717) is 6.54 Å². The lowest BCUT2D eigenvalue weighted by Crippen LogP contribution is -2.35. The number of hydrogen-bond acceptors (Lipinski definition) is 3. The summed E-state index contributed by atoms with van der Waals surface area (Å²) in [6.45, 7) is 9.64. The molecule has 0 saturated heterocycles. The second kappa shape index (κ2) is 3.16. The lowest BCUT2D eigenvalue weighted by molar-refractivity contribution is 0.336. The van der Waals surface area contributed by atoms with E-state index in [4.69, 9.17) is 0 Å². The number of rotatable bonds is 2. The number of allylic oxidation sites excluding steroid dienone is 1. The largest absolute Gasteiger partial charge is 0.364 e. The standard InChI is InChI=1S/C8H14N4O/c1-5-6-11-7(13)12(10-9-11)8(2,3)4/h5H,1,6H2,2-4H3. The maximum absolute atomic E-state index is 11.6. The van der Waals surface area contributed by atoms with Gasteiger partial charge in [-0.3, -0.25) is 0 Å². The molecule has 13 heavy (non-hydrogen) atoms. The van der Waals surface area contributed by atoms with E-state index in [2.05, 4.69) is 17.0 Å². The van der Waals surface area contributed by atoms with Crippen molar-refractivity contribution in [3.8, 4) is 0 Å². The van der Waals surface area contributed by atoms with E-state index in [1.807, 2.05) is 20.8 Å². The molecule has 5 heteroatoms. The molecule has 0 aliphatic heterocycles. The minimum Gasteiger partial charge on any atom is -0.244 e. The van der Waals surface area contributed by atoms with E-state index >= 15 is 0 Å². The van der Waals surface area contributed by atoms with Crippen LogP contribution >= 0.6 is 0 Å². The molecule has 0 unspecified atom stereocenters. The van der Waals surface area contributed by atoms with Gasteiger partial charge in [0.25, 0.3) is 0 Å². The van der Waals surface area contributed by atoms with Crippen molar-refractivity contribution in [3.63, 3.8) is 0 Å². The molecule has 1 aromatic rings. The summed E-state index contributed by atoms with van der Waals surface area (Å²) in [4.78, 5) is 11.6. The molecule has 1 aromatic heterocycles. The highest BCUT2D eigenvalue weighted by Crippen LogP contribution is 2.06. The average Bonchev–Trinajstić information content (AvgIpc) is 2.32. The van der Waals surface area contributed by atoms with E-state index in [-0.39, 0.29) is 11.2 Å². The number of tetrazole rings is 1. The van der Waals surface area contributed by atoms with Crippen molar-refractivity contribution in [2.24, 2.45) is 0 Å². The van der Waals surface area contributed by atoms with Crippen molar-refractivity contribution < 1.29 is 0 Å². The fraction of sp³-hybridized carbons (Fsp3) is 0.625. The van der Waals surface area contributed by atoms with Gasteiger partial charge in [-0.2, -0.15) is 9.36 Å². The van der Waals surface area contributed by atoms with Crippen LogP contribution in [0.4, 0.5) is 0 Å². The number of hydrogen-bond donors (Lipinski definition) is 0. The Labute approximate surface area is 76.7 Å². The lowest BCUT2D eigenvalue weighted by Gasteiger charge is -2.15. The maximum atomic E-state index is 11.6. The Morgan fingerprint density at radius 1 is 1.46 bits per heavy atom. The SMILES string of the molecule is C=CCn1nnn(C(C)(C)C)c1=O. The zero-order valence-corrected chi connectivity index (χ0v) is 8.19. The summed E-state index contributed by atoms with van der Waals surface area (Å²) in [5, 5.41) is 7.49. The monoisotopic (exact) mass is 182 g/mol. The first-order valence-corrected chi connectivity index (χ1v) is 4.11. The van der Waals surface area contributed by atoms with Gasteiger partial charge in [0.15, 0.2) is 0 Å². The topological polar surface area (TPSA) is 52.7 Å². The minimum absolute atomic E-state index is 0.201. The van der Waals surface area contributed by atoms with Crippen LogP contribution in [-0.4, -0.2) is 19.8 Å². The van der Waals surface area contributed by atoms with Crippen LogP contribution in [0.5, 0.6) is 0 Å². The maximum Gasteiger partial charge on any atom is 0.364 e. The van der Waals surface area contributed by atoms with Crippen molar-refractivity contribution in [3.05, 3.63) is 23.1 Å². The van der Waals surface area contributed by atoms with Gasteiger partial charge in [-0.05, 0) is 31.2 Å². The molecule has 0 bridgehead atoms. The highest BCUT2D eigenvalue weighted by molar-refractivity contribution is 4.75. The van der Waals surface area contributed by atoms with Gasteiger partial charge in [-0.15, -0.1) is 6.58 Å². The molecule has 0 spiro atoms. The van der Waals surface area contributed by atoms with Crippen molar-refractivity contribution in [2.45, 2.75) is 32.9 Å². The molecular weight excluding hydrogens is 168 g/mol. The zero-order valence-electron chi connectivity index (χ0n) is 8.19. The van der Waals surface area contributed by atoms with E-state index in [0.717, 1.165) is 0 Å². The molecule has 0 saturated carbocycles. The highest BCUT2D eigenvalue weighted by Gasteiger charge is 2.18. The fourth-order valence-corrected chi connectivity index (χ4v) is 0.932. The minimum atomic E-state index is -0.323. The smallest absolute Gasteiger partial charge is 0.244 e. The average molecular weight is 182 g/mol. The van der Waals surface area contributed by atoms with Crippen molar-refractivity contribution >= 4 is 0 Å². The van der Waals surface area contributed by atoms with E-state index in [1.54, 1.807) is 6.08 Å². The fourth-order valence-electron chi connectivity index (χ4n) is 0.932. The van der Waals surface area contributed by atoms with Gasteiger partial charge in [-0.1, -0.05) is 6.08 Å². The summed E-state index contributed by atoms with van der Waals surface area (Å²) < 4.78 is 2.63. The molecule has 1 rings (SSSR count). The molecule has 1 heterocycles. The third-order valence-electron chi connectivity index (χ3n) is 1.58. The van der Waals surface area contributed by atoms with Crippen LogP contribution in [0.1, 0.15) is 20.8 Å². The number of nitrogens with zero attached hydrogens (tertiary/aromatic N) is 4. The van der Waals surface area contributed by atoms with Gasteiger partial charge in [0.05, 0.1) is 12.1 Å². The van der Waals surface area contributed by atoms with Gasteiger partial charge < -0.3 is 0 Å². The summed E-state index contributed by atoms with van der Waals surface area (Å²) in [5.74, 6) is 0. The van der Waals surface area contributed by atoms with Crippen LogP contribution in [0.2, 0.25) is 0 Å². The van der Waals surface area contributed by atoms with Gasteiger partial charge in [-0.25, -0.2) is 4.79 Å². The third kappa shape index (κ3) is 1.85. The van der Waals surface area contributed by atoms with Crippen LogP contribution in [0, 0.1) is 0 Å². The Morgan fingerprint density at radius 2 is 2.08 bits per heavy atom. The Kier molecular flexibility index (Phi) is 2.36. The van der Waals surface area contributed by atoms with E-state index in [1.165, 1.54) is 9.36 Å². The second-order valence-corrected chi connectivity index (χ2v) is 3.81. The summed E-state index contributed by atoms with van der Waals surface area (Å²) in [6.07, 6.45) is 1.61. The molecule has 0 fully saturated rings. The first-order chi connectivity index (χ1) is 5.96. The van der Waals surface area contributed by atoms with Crippen LogP contribution < -0.4 is 5.69 Å². The van der Waals surface area contributed by atoms with Crippen LogP contribution in [0.3, 0.4) is 0 Å². The summed E-state index contributed by atoms with van der Waals surface area (Å²) in [6, 6.07) is 0. The molecule has 0 N–H and O–H groups in total. The van der Waals surface area contributed by atoms with Crippen LogP contribution in [0.25, 0.3) is 0 Å². The molecule has 0 aromatic carbocycles. The van der Waals surface area contributed by atoms with Gasteiger partial charge in [0.1, 0.15) is 0 Å². The first kappa shape index (κ1) is 9.70. The third-order valence-corrected chi connectivity index (χ3v) is 1.58. The summed E-state index contributed by atoms with van der Waals surface area (Å²) >= 11 is 0. The Hall–Kier alpha value is -1.39. The Morgan fingerprint density at radius 3 is 2.46 bits per heavy atom. The first-order valence-electron chi connectivity index (χ1n) is 4.11. The van der Waals surface area contributed by atoms with Crippen molar-refractivity contribution in [1.29, 1.82) is 0 Å². The van der Waals surface area contributed by atoms with Crippen LogP contribution in [0.15, 0.2) is 17.4 Å². The van der Waals surface area contributed by atoms with Gasteiger partial charge in [0.2, 0.25) is 0 Å². The predicted octanol–water partition coefficient (Wildman–Crippen LogP) is 0.381. The zero-order chi connectivity index (χ0) is 10.1. The lowest BCUT2D eigenvalue weighted by atomic mass is 10.1. The van der Waals surface area contributed by atoms with Gasteiger partial charge in [0, 0.05) is 0 Å². The van der Waals surface area contributed by atoms with Crippen LogP contribution in [-0.2, 0) is 12.1 Å². The van der Waals surface area contributed by atoms with E-state index < -0.39 is 0 Å². The predicted molar refractivity (Wildman–Crippen MR) is 49.5 cm³/mol. The number of aromatic nitrogens is 4. The Balaban J connectivity index is 3.14. The molecule has 0 atom stereocenters. The molecule has 0 aliphatic rings. The molecule has 5 nitrogen and oxygen atoms in total. The highest BCUT2D eigenvalue weighted by atomic mass is 16.2. The summed E-state index contributed by atoms with van der Waals surface area (Å²) in [5.41, 5.74) is -0.524. The Bertz CT molecular complexity index is 355. The summed E-state index contributed by atoms with van der Waals surface area (Å²) in [7, 11) is 0. The van der Waals surface area contributed by atoms with Crippen molar-refractivity contribution in [2.75, 3.05) is 0 Å². The quantitative estimate of drug-likeness (QED) is 0.621. The molecule has 0 radical (unpaired) electrons. The van der Waals surface area contributed by atoms with Gasteiger partial charge >= 0.3 is 5.69 Å². The second-order valence-electron chi connectivity index (χ2n) is 3.81. The normalized spacial score (nSPS) is 11.6. The van der Waals surface area contributed by atoms with Crippen molar-refractivity contribution in [1.82, 2.24) is 19.8 Å². The molecule has 72 valence electrons. The molecular formula is C8H14N4O. The molecule has 0 amide bonds. The van der Waals surface area contributed by atoms with E-state index in [9.17, 15) is 4.79 Å².